The van der Waals surface area contributed by atoms with E-state index in [9.17, 15) is 18.0 Å². The van der Waals surface area contributed by atoms with Crippen LogP contribution in [0.3, 0.4) is 0 Å². The average Bonchev–Trinajstić information content (AvgIpc) is 3.25. The van der Waals surface area contributed by atoms with Crippen LogP contribution in [0.15, 0.2) is 93.6 Å². The standard InChI is InChI=1S/C27H24ClNO5S/c1-3-34-23-13-19-22(30)14-21(28)27(31)24(19)20-15-29(26(25(20)23)17-7-5-4-6-8-17)35(32,33)18-11-9-16(2)10-12-18/h4-14,20,25-26H,3,15H2,1-2H3/t20-,25-,26-/m0/s1. The SMILES string of the molecule is CCOC1=CC2=C(C(=O)C(Cl)=CC2=O)[C@@H]2CN(S(=O)(=O)c3ccc(C)cc3)[C@@H](c3ccccc3)[C@H]12. The summed E-state index contributed by atoms with van der Waals surface area (Å²) in [7, 11) is -3.95. The zero-order valence-electron chi connectivity index (χ0n) is 19.3. The second-order valence-electron chi connectivity index (χ2n) is 8.87. The fourth-order valence-corrected chi connectivity index (χ4v) is 7.12. The van der Waals surface area contributed by atoms with Gasteiger partial charge in [0.25, 0.3) is 0 Å². The number of fused-ring (bicyclic) bond motifs is 2. The minimum Gasteiger partial charge on any atom is -0.498 e. The predicted octanol–water partition coefficient (Wildman–Crippen LogP) is 4.48. The van der Waals surface area contributed by atoms with Crippen molar-refractivity contribution >= 4 is 33.2 Å². The van der Waals surface area contributed by atoms with Crippen LogP contribution >= 0.6 is 11.6 Å². The Balaban J connectivity index is 1.71. The van der Waals surface area contributed by atoms with E-state index >= 15 is 0 Å². The second-order valence-corrected chi connectivity index (χ2v) is 11.2. The number of aryl methyl sites for hydroxylation is 1. The van der Waals surface area contributed by atoms with Gasteiger partial charge in [0.1, 0.15) is 5.76 Å². The number of halogens is 1. The summed E-state index contributed by atoms with van der Waals surface area (Å²) in [4.78, 5) is 26.1. The summed E-state index contributed by atoms with van der Waals surface area (Å²) < 4.78 is 35.4. The van der Waals surface area contributed by atoms with Crippen molar-refractivity contribution in [1.29, 1.82) is 0 Å². The highest BCUT2D eigenvalue weighted by Gasteiger charge is 2.55. The van der Waals surface area contributed by atoms with Crippen molar-refractivity contribution in [3.8, 4) is 0 Å². The van der Waals surface area contributed by atoms with Gasteiger partial charge in [-0.2, -0.15) is 4.31 Å². The van der Waals surface area contributed by atoms with E-state index in [-0.39, 0.29) is 33.4 Å². The molecule has 6 nitrogen and oxygen atoms in total. The van der Waals surface area contributed by atoms with E-state index in [1.807, 2.05) is 44.2 Å². The number of hydrogen-bond donors (Lipinski definition) is 0. The number of benzene rings is 2. The molecule has 3 aliphatic rings. The molecule has 1 aliphatic heterocycles. The molecule has 0 bridgehead atoms. The van der Waals surface area contributed by atoms with Crippen LogP contribution in [0.2, 0.25) is 0 Å². The Morgan fingerprint density at radius 2 is 1.71 bits per heavy atom. The third-order valence-electron chi connectivity index (χ3n) is 6.80. The third-order valence-corrected chi connectivity index (χ3v) is 8.94. The first-order valence-corrected chi connectivity index (χ1v) is 13.2. The zero-order valence-corrected chi connectivity index (χ0v) is 20.8. The van der Waals surface area contributed by atoms with Gasteiger partial charge < -0.3 is 4.74 Å². The lowest BCUT2D eigenvalue weighted by Gasteiger charge is -2.33. The smallest absolute Gasteiger partial charge is 0.243 e. The van der Waals surface area contributed by atoms with Crippen LogP contribution < -0.4 is 0 Å². The van der Waals surface area contributed by atoms with E-state index in [0.29, 0.717) is 12.4 Å². The van der Waals surface area contributed by atoms with E-state index in [2.05, 4.69) is 0 Å². The highest BCUT2D eigenvalue weighted by atomic mass is 35.5. The van der Waals surface area contributed by atoms with Gasteiger partial charge in [-0.05, 0) is 37.6 Å². The molecule has 8 heteroatoms. The fourth-order valence-electron chi connectivity index (χ4n) is 5.26. The first-order chi connectivity index (χ1) is 16.7. The first kappa shape index (κ1) is 23.7. The minimum atomic E-state index is -3.95. The Labute approximate surface area is 209 Å². The molecule has 1 saturated heterocycles. The van der Waals surface area contributed by atoms with Crippen LogP contribution in [0.1, 0.15) is 24.1 Å². The maximum Gasteiger partial charge on any atom is 0.243 e. The molecule has 0 spiro atoms. The number of Topliss-reactive ketones (excluding diaryl/α,β-unsaturated/α-hetero) is 1. The van der Waals surface area contributed by atoms with Gasteiger partial charge in [-0.3, -0.25) is 9.59 Å². The average molecular weight is 510 g/mol. The zero-order chi connectivity index (χ0) is 24.9. The van der Waals surface area contributed by atoms with Gasteiger partial charge in [-0.1, -0.05) is 59.6 Å². The lowest BCUT2D eigenvalue weighted by Crippen LogP contribution is -2.33. The van der Waals surface area contributed by atoms with Gasteiger partial charge >= 0.3 is 0 Å². The van der Waals surface area contributed by atoms with Crippen molar-refractivity contribution in [2.45, 2.75) is 24.8 Å². The highest BCUT2D eigenvalue weighted by molar-refractivity contribution is 7.89. The number of carbonyl (C=O) groups excluding carboxylic acids is 2. The lowest BCUT2D eigenvalue weighted by atomic mass is 9.72. The van der Waals surface area contributed by atoms with Crippen LogP contribution in [0.25, 0.3) is 0 Å². The molecule has 1 heterocycles. The number of ketones is 2. The number of hydrogen-bond acceptors (Lipinski definition) is 5. The number of rotatable bonds is 5. The molecule has 0 saturated carbocycles. The van der Waals surface area contributed by atoms with Gasteiger partial charge in [0.05, 0.1) is 22.6 Å². The Hall–Kier alpha value is -3.00. The molecular weight excluding hydrogens is 486 g/mol. The quantitative estimate of drug-likeness (QED) is 0.555. The molecule has 0 aromatic heterocycles. The van der Waals surface area contributed by atoms with E-state index in [0.717, 1.165) is 17.2 Å². The molecule has 35 heavy (non-hydrogen) atoms. The molecule has 0 unspecified atom stereocenters. The largest absolute Gasteiger partial charge is 0.498 e. The number of sulfonamides is 1. The first-order valence-electron chi connectivity index (χ1n) is 11.4. The van der Waals surface area contributed by atoms with Gasteiger partial charge in [0.2, 0.25) is 15.8 Å². The van der Waals surface area contributed by atoms with Crippen molar-refractivity contribution in [1.82, 2.24) is 4.31 Å². The summed E-state index contributed by atoms with van der Waals surface area (Å²) in [6.07, 6.45) is 2.71. The van der Waals surface area contributed by atoms with Crippen molar-refractivity contribution in [2.24, 2.45) is 11.8 Å². The number of carbonyl (C=O) groups is 2. The minimum absolute atomic E-state index is 0.0207. The van der Waals surface area contributed by atoms with E-state index < -0.39 is 33.7 Å². The molecule has 2 aromatic carbocycles. The van der Waals surface area contributed by atoms with Crippen LogP contribution in [-0.4, -0.2) is 37.4 Å². The van der Waals surface area contributed by atoms with Crippen molar-refractivity contribution in [3.05, 3.63) is 99.8 Å². The Morgan fingerprint density at radius 3 is 2.37 bits per heavy atom. The Bertz CT molecular complexity index is 1410. The summed E-state index contributed by atoms with van der Waals surface area (Å²) in [6.45, 7) is 4.08. The summed E-state index contributed by atoms with van der Waals surface area (Å²) in [5.41, 5.74) is 2.22. The van der Waals surface area contributed by atoms with Crippen LogP contribution in [0.5, 0.6) is 0 Å². The maximum atomic E-state index is 14.0. The van der Waals surface area contributed by atoms with Gasteiger partial charge in [0.15, 0.2) is 5.78 Å². The number of allylic oxidation sites excluding steroid dienone is 4. The van der Waals surface area contributed by atoms with Gasteiger partial charge in [-0.25, -0.2) is 8.42 Å². The molecule has 1 fully saturated rings. The molecule has 2 aromatic rings. The van der Waals surface area contributed by atoms with Crippen LogP contribution in [0, 0.1) is 18.8 Å². The number of nitrogens with zero attached hydrogens (tertiary/aromatic N) is 1. The third kappa shape index (κ3) is 3.88. The highest BCUT2D eigenvalue weighted by Crippen LogP contribution is 2.53. The Morgan fingerprint density at radius 1 is 1.03 bits per heavy atom. The van der Waals surface area contributed by atoms with Crippen molar-refractivity contribution in [2.75, 3.05) is 13.2 Å². The second kappa shape index (κ2) is 8.90. The van der Waals surface area contributed by atoms with Crippen molar-refractivity contribution in [3.63, 3.8) is 0 Å². The molecule has 2 aliphatic carbocycles. The van der Waals surface area contributed by atoms with E-state index in [1.165, 1.54) is 4.31 Å². The molecular formula is C27H24ClNO5S. The summed E-state index contributed by atoms with van der Waals surface area (Å²) >= 11 is 6.13. The van der Waals surface area contributed by atoms with Crippen molar-refractivity contribution < 1.29 is 22.7 Å². The summed E-state index contributed by atoms with van der Waals surface area (Å²) in [6, 6.07) is 15.4. The normalized spacial score (nSPS) is 24.6. The fraction of sp³-hybridized carbons (Fsp3) is 0.259. The number of ether oxygens (including phenoxy) is 1. The molecule has 180 valence electrons. The maximum absolute atomic E-state index is 14.0. The van der Waals surface area contributed by atoms with Gasteiger partial charge in [-0.15, -0.1) is 0 Å². The molecule has 5 rings (SSSR count). The van der Waals surface area contributed by atoms with Gasteiger partial charge in [0, 0.05) is 35.6 Å². The topological polar surface area (TPSA) is 80.8 Å². The molecule has 3 atom stereocenters. The predicted molar refractivity (Wildman–Crippen MR) is 132 cm³/mol. The monoisotopic (exact) mass is 509 g/mol. The molecule has 0 amide bonds. The molecule has 0 radical (unpaired) electrons. The van der Waals surface area contributed by atoms with Crippen LogP contribution in [0.4, 0.5) is 0 Å². The van der Waals surface area contributed by atoms with Crippen LogP contribution in [-0.2, 0) is 24.3 Å². The molecule has 0 N–H and O–H groups in total. The Kier molecular flexibility index (Phi) is 6.03. The lowest BCUT2D eigenvalue weighted by molar-refractivity contribution is -0.115. The van der Waals surface area contributed by atoms with E-state index in [1.54, 1.807) is 30.3 Å². The summed E-state index contributed by atoms with van der Waals surface area (Å²) in [5, 5.41) is -0.156. The summed E-state index contributed by atoms with van der Waals surface area (Å²) in [5.74, 6) is -1.39. The van der Waals surface area contributed by atoms with E-state index in [4.69, 9.17) is 16.3 Å².